The summed E-state index contributed by atoms with van der Waals surface area (Å²) in [7, 11) is 3.12. The van der Waals surface area contributed by atoms with E-state index in [1.54, 1.807) is 14.0 Å². The van der Waals surface area contributed by atoms with Crippen LogP contribution in [0.5, 0.6) is 5.75 Å². The Morgan fingerprint density at radius 1 is 1.19 bits per heavy atom. The molecular weight excluding hydrogens is 579 g/mol. The summed E-state index contributed by atoms with van der Waals surface area (Å²) in [5.74, 6) is -0.120. The number of amides is 1. The Kier molecular flexibility index (Phi) is 7.96. The average Bonchev–Trinajstić information content (AvgIpc) is 3.72. The predicted molar refractivity (Wildman–Crippen MR) is 157 cm³/mol. The van der Waals surface area contributed by atoms with Crippen molar-refractivity contribution >= 4 is 27.5 Å². The highest BCUT2D eigenvalue weighted by atomic mass is 32.1. The van der Waals surface area contributed by atoms with Gasteiger partial charge in [0.05, 0.1) is 42.3 Å². The largest absolute Gasteiger partial charge is 0.496 e. The van der Waals surface area contributed by atoms with Gasteiger partial charge >= 0.3 is 5.69 Å². The molecule has 0 radical (unpaired) electrons. The van der Waals surface area contributed by atoms with Crippen LogP contribution in [0.15, 0.2) is 44.7 Å². The van der Waals surface area contributed by atoms with Crippen LogP contribution < -0.4 is 16.0 Å². The molecule has 11 nitrogen and oxygen atoms in total. The first kappa shape index (κ1) is 29.3. The number of thiophene rings is 1. The number of ether oxygens (including phenoxy) is 2. The highest BCUT2D eigenvalue weighted by Gasteiger charge is 2.36. The van der Waals surface area contributed by atoms with E-state index in [9.17, 15) is 23.9 Å². The smallest absolute Gasteiger partial charge is 0.332 e. The third-order valence-corrected chi connectivity index (χ3v) is 9.77. The normalized spacial score (nSPS) is 21.6. The van der Waals surface area contributed by atoms with Crippen LogP contribution in [0.4, 0.5) is 4.39 Å². The number of aryl methyl sites for hydroxylation is 1. The summed E-state index contributed by atoms with van der Waals surface area (Å²) in [6.45, 7) is 2.09. The van der Waals surface area contributed by atoms with Gasteiger partial charge in [-0.1, -0.05) is 0 Å². The highest BCUT2D eigenvalue weighted by Crippen LogP contribution is 2.38. The Hall–Kier alpha value is -3.81. The van der Waals surface area contributed by atoms with E-state index in [-0.39, 0.29) is 23.9 Å². The van der Waals surface area contributed by atoms with Gasteiger partial charge in [-0.15, -0.1) is 11.3 Å². The van der Waals surface area contributed by atoms with Gasteiger partial charge in [0.2, 0.25) is 11.8 Å². The zero-order valence-corrected chi connectivity index (χ0v) is 24.9. The summed E-state index contributed by atoms with van der Waals surface area (Å²) < 4.78 is 34.8. The first-order valence-electron chi connectivity index (χ1n) is 14.3. The number of halogens is 1. The molecule has 0 unspecified atom stereocenters. The van der Waals surface area contributed by atoms with Gasteiger partial charge in [-0.2, -0.15) is 0 Å². The monoisotopic (exact) mass is 612 g/mol. The first-order valence-corrected chi connectivity index (χ1v) is 15.1. The van der Waals surface area contributed by atoms with Crippen LogP contribution in [0.1, 0.15) is 55.4 Å². The van der Waals surface area contributed by atoms with Gasteiger partial charge < -0.3 is 23.9 Å². The van der Waals surface area contributed by atoms with Crippen molar-refractivity contribution in [3.8, 4) is 16.5 Å². The number of fused-ring (bicyclic) bond motifs is 1. The summed E-state index contributed by atoms with van der Waals surface area (Å²) in [5, 5.41) is 10.3. The summed E-state index contributed by atoms with van der Waals surface area (Å²) >= 11 is 1.19. The van der Waals surface area contributed by atoms with Gasteiger partial charge in [-0.25, -0.2) is 18.7 Å². The molecule has 4 aromatic rings. The number of rotatable bonds is 8. The molecule has 1 amide bonds. The number of likely N-dealkylation sites (tertiary alicyclic amines) is 1. The lowest BCUT2D eigenvalue weighted by Gasteiger charge is -2.31. The van der Waals surface area contributed by atoms with Gasteiger partial charge in [0.15, 0.2) is 0 Å². The molecule has 0 bridgehead atoms. The minimum atomic E-state index is -0.951. The lowest BCUT2D eigenvalue weighted by atomic mass is 9.94. The number of benzene rings is 1. The van der Waals surface area contributed by atoms with E-state index >= 15 is 0 Å². The van der Waals surface area contributed by atoms with Crippen LogP contribution in [0, 0.1) is 12.7 Å². The third-order valence-electron chi connectivity index (χ3n) is 8.47. The number of hydrogen-bond donors (Lipinski definition) is 1. The van der Waals surface area contributed by atoms with E-state index in [4.69, 9.17) is 13.9 Å². The topological polar surface area (TPSA) is 129 Å². The SMILES string of the molecule is COc1ccc(F)cc1[C@H](Cn1c(=O)n([C@@H]2CCN(C)C2=O)c(=O)c2c(C)c(-c3ncco3)sc21)O[C@H]1CC[C@H](O)CC1. The van der Waals surface area contributed by atoms with Crippen molar-refractivity contribution in [2.75, 3.05) is 20.7 Å². The molecule has 2 aliphatic rings. The first-order chi connectivity index (χ1) is 20.7. The predicted octanol–water partition coefficient (Wildman–Crippen LogP) is 3.80. The highest BCUT2D eigenvalue weighted by molar-refractivity contribution is 7.22. The second kappa shape index (κ2) is 11.7. The van der Waals surface area contributed by atoms with E-state index in [0.717, 1.165) is 4.57 Å². The molecule has 1 saturated heterocycles. The van der Waals surface area contributed by atoms with Crippen LogP contribution in [0.2, 0.25) is 0 Å². The molecule has 13 heteroatoms. The molecule has 1 N–H and O–H groups in total. The number of aliphatic hydroxyl groups is 1. The average molecular weight is 613 g/mol. The van der Waals surface area contributed by atoms with Gasteiger partial charge in [-0.3, -0.25) is 14.2 Å². The summed E-state index contributed by atoms with van der Waals surface area (Å²) in [5.41, 5.74) is -0.229. The zero-order chi connectivity index (χ0) is 30.4. The standard InChI is InChI=1S/C30H33FN4O7S/c1-16-24-28(38)35(21-10-12-33(2)27(21)37)30(39)34(29(24)43-25(16)26-32-11-13-41-26)15-23(42-19-7-5-18(36)6-8-19)20-14-17(31)4-9-22(20)40-3/h4,9,11,13-14,18-19,21,23,36H,5-8,10,12,15H2,1-3H3/t18-,19-,21-,23+/m1/s1. The Morgan fingerprint density at radius 2 is 1.95 bits per heavy atom. The fourth-order valence-electron chi connectivity index (χ4n) is 6.13. The van der Waals surface area contributed by atoms with Crippen molar-refractivity contribution in [2.45, 2.75) is 69.9 Å². The molecule has 1 saturated carbocycles. The number of methoxy groups -OCH3 is 1. The van der Waals surface area contributed by atoms with Crippen LogP contribution in [0.25, 0.3) is 21.0 Å². The van der Waals surface area contributed by atoms with Crippen molar-refractivity contribution in [3.63, 3.8) is 0 Å². The van der Waals surface area contributed by atoms with Gasteiger partial charge in [-0.05, 0) is 62.8 Å². The summed E-state index contributed by atoms with van der Waals surface area (Å²) in [4.78, 5) is 48.1. The number of nitrogens with zero attached hydrogens (tertiary/aromatic N) is 4. The molecule has 1 aliphatic carbocycles. The second-order valence-corrected chi connectivity index (χ2v) is 12.1. The molecular formula is C30H33FN4O7S. The molecule has 2 atom stereocenters. The number of aliphatic hydroxyl groups excluding tert-OH is 1. The number of carbonyl (C=O) groups is 1. The van der Waals surface area contributed by atoms with Crippen LogP contribution >= 0.6 is 11.3 Å². The molecule has 228 valence electrons. The number of carbonyl (C=O) groups excluding carboxylic acids is 1. The number of likely N-dealkylation sites (N-methyl/N-ethyl adjacent to an activating group) is 1. The number of aromatic nitrogens is 3. The fraction of sp³-hybridized carbons (Fsp3) is 0.467. The Labute approximate surface area is 250 Å². The molecule has 0 spiro atoms. The van der Waals surface area contributed by atoms with Crippen LogP contribution in [-0.2, 0) is 16.1 Å². The maximum absolute atomic E-state index is 14.6. The zero-order valence-electron chi connectivity index (χ0n) is 24.1. The van der Waals surface area contributed by atoms with Crippen molar-refractivity contribution in [2.24, 2.45) is 0 Å². The Morgan fingerprint density at radius 3 is 2.60 bits per heavy atom. The maximum atomic E-state index is 14.6. The second-order valence-electron chi connectivity index (χ2n) is 11.1. The molecule has 3 aromatic heterocycles. The lowest BCUT2D eigenvalue weighted by molar-refractivity contribution is -0.129. The Bertz CT molecular complexity index is 1770. The Balaban J connectivity index is 1.55. The van der Waals surface area contributed by atoms with Crippen molar-refractivity contribution < 1.29 is 28.2 Å². The van der Waals surface area contributed by atoms with Crippen molar-refractivity contribution in [1.29, 1.82) is 0 Å². The molecule has 1 aliphatic heterocycles. The van der Waals surface area contributed by atoms with Gasteiger partial charge in [0, 0.05) is 19.2 Å². The third kappa shape index (κ3) is 5.30. The van der Waals surface area contributed by atoms with Gasteiger partial charge in [0.1, 0.15) is 34.8 Å². The van der Waals surface area contributed by atoms with E-state index in [1.165, 1.54) is 58.6 Å². The van der Waals surface area contributed by atoms with E-state index < -0.39 is 35.3 Å². The van der Waals surface area contributed by atoms with Crippen LogP contribution in [-0.4, -0.2) is 62.9 Å². The molecule has 43 heavy (non-hydrogen) atoms. The minimum Gasteiger partial charge on any atom is -0.496 e. The number of hydrogen-bond acceptors (Lipinski definition) is 9. The van der Waals surface area contributed by atoms with E-state index in [1.807, 2.05) is 0 Å². The van der Waals surface area contributed by atoms with E-state index in [0.29, 0.717) is 71.1 Å². The van der Waals surface area contributed by atoms with Crippen molar-refractivity contribution in [1.82, 2.24) is 19.0 Å². The minimum absolute atomic E-state index is 0.0871. The maximum Gasteiger partial charge on any atom is 0.332 e. The fourth-order valence-corrected chi connectivity index (χ4v) is 7.38. The number of oxazole rings is 1. The van der Waals surface area contributed by atoms with E-state index in [2.05, 4.69) is 4.98 Å². The van der Waals surface area contributed by atoms with Gasteiger partial charge in [0.25, 0.3) is 5.56 Å². The molecule has 2 fully saturated rings. The lowest BCUT2D eigenvalue weighted by Crippen LogP contribution is -2.45. The quantitative estimate of drug-likeness (QED) is 0.318. The summed E-state index contributed by atoms with van der Waals surface area (Å²) in [6, 6.07) is 3.17. The van der Waals surface area contributed by atoms with Crippen LogP contribution in [0.3, 0.4) is 0 Å². The summed E-state index contributed by atoms with van der Waals surface area (Å²) in [6.07, 6.45) is 4.04. The molecule has 4 heterocycles. The molecule has 1 aromatic carbocycles. The molecule has 6 rings (SSSR count). The van der Waals surface area contributed by atoms with Crippen molar-refractivity contribution in [3.05, 3.63) is 68.4 Å².